The monoisotopic (exact) mass is 467 g/mol. The lowest BCUT2D eigenvalue weighted by molar-refractivity contribution is -0.113. The average molecular weight is 468 g/mol. The highest BCUT2D eigenvalue weighted by atomic mass is 35.5. The number of benzene rings is 3. The van der Waals surface area contributed by atoms with Crippen LogP contribution in [0.4, 0.5) is 21.5 Å². The molecule has 4 nitrogen and oxygen atoms in total. The van der Waals surface area contributed by atoms with E-state index >= 15 is 0 Å². The highest BCUT2D eigenvalue weighted by Crippen LogP contribution is 2.50. The summed E-state index contributed by atoms with van der Waals surface area (Å²) < 4.78 is 13.5. The van der Waals surface area contributed by atoms with Crippen LogP contribution in [0.15, 0.2) is 92.6 Å². The largest absolute Gasteiger partial charge is 0.337 e. The summed E-state index contributed by atoms with van der Waals surface area (Å²) in [6, 6.07) is 21.0. The maximum Gasteiger partial charge on any atom is 0.274 e. The third-order valence-corrected chi connectivity index (χ3v) is 7.50. The van der Waals surface area contributed by atoms with E-state index in [1.165, 1.54) is 28.8 Å². The van der Waals surface area contributed by atoms with Gasteiger partial charge in [-0.15, -0.1) is 0 Å². The van der Waals surface area contributed by atoms with Crippen molar-refractivity contribution < 1.29 is 9.18 Å². The molecule has 0 unspecified atom stereocenters. The maximum atomic E-state index is 13.5. The number of halogens is 2. The lowest BCUT2D eigenvalue weighted by Gasteiger charge is -2.16. The minimum Gasteiger partial charge on any atom is -0.337 e. The number of anilines is 2. The fourth-order valence-corrected chi connectivity index (χ4v) is 5.79. The molecule has 2 aliphatic rings. The minimum atomic E-state index is -0.362. The lowest BCUT2D eigenvalue weighted by Crippen LogP contribution is -2.29. The molecule has 3 aromatic carbocycles. The van der Waals surface area contributed by atoms with Gasteiger partial charge in [-0.05, 0) is 72.4 Å². The van der Waals surface area contributed by atoms with E-state index in [-0.39, 0.29) is 11.7 Å². The minimum absolute atomic E-state index is 0.188. The number of amidine groups is 1. The van der Waals surface area contributed by atoms with Crippen molar-refractivity contribution in [2.75, 3.05) is 16.8 Å². The molecule has 0 aliphatic carbocycles. The Kier molecular flexibility index (Phi) is 5.25. The van der Waals surface area contributed by atoms with Gasteiger partial charge in [0.2, 0.25) is 0 Å². The van der Waals surface area contributed by atoms with Gasteiger partial charge in [0.05, 0.1) is 22.1 Å². The first-order valence-corrected chi connectivity index (χ1v) is 11.4. The fourth-order valence-electron chi connectivity index (χ4n) is 3.32. The van der Waals surface area contributed by atoms with Gasteiger partial charge in [-0.2, -0.15) is 0 Å². The molecule has 154 valence electrons. The molecule has 0 radical (unpaired) electrons. The molecular formula is C23H15ClFN3OS2. The number of para-hydroxylation sites is 1. The van der Waals surface area contributed by atoms with E-state index in [4.69, 9.17) is 16.6 Å². The first-order valence-electron chi connectivity index (χ1n) is 9.38. The Labute approximate surface area is 192 Å². The molecule has 3 aromatic rings. The van der Waals surface area contributed by atoms with E-state index in [1.54, 1.807) is 48.2 Å². The summed E-state index contributed by atoms with van der Waals surface area (Å²) in [5, 5.41) is 1.97. The van der Waals surface area contributed by atoms with Crippen LogP contribution >= 0.6 is 35.1 Å². The van der Waals surface area contributed by atoms with Crippen LogP contribution in [0.3, 0.4) is 0 Å². The molecule has 8 heteroatoms. The molecule has 0 N–H and O–H groups in total. The van der Waals surface area contributed by atoms with Crippen LogP contribution in [-0.4, -0.2) is 18.1 Å². The number of fused-ring (bicyclic) bond motifs is 1. The van der Waals surface area contributed by atoms with Crippen LogP contribution in [0, 0.1) is 5.82 Å². The summed E-state index contributed by atoms with van der Waals surface area (Å²) in [4.78, 5) is 23.5. The first kappa shape index (κ1) is 20.2. The van der Waals surface area contributed by atoms with Gasteiger partial charge in [-0.1, -0.05) is 35.5 Å². The van der Waals surface area contributed by atoms with Crippen molar-refractivity contribution in [3.63, 3.8) is 0 Å². The zero-order valence-electron chi connectivity index (χ0n) is 16.3. The summed E-state index contributed by atoms with van der Waals surface area (Å²) >= 11 is 8.86. The van der Waals surface area contributed by atoms with Gasteiger partial charge < -0.3 is 4.90 Å². The van der Waals surface area contributed by atoms with Crippen molar-refractivity contribution >= 4 is 63.3 Å². The number of rotatable bonds is 2. The Balaban J connectivity index is 1.61. The molecule has 0 atom stereocenters. The molecule has 1 amide bonds. The zero-order valence-corrected chi connectivity index (χ0v) is 18.6. The maximum absolute atomic E-state index is 13.5. The molecule has 31 heavy (non-hydrogen) atoms. The van der Waals surface area contributed by atoms with Gasteiger partial charge >= 0.3 is 0 Å². The third kappa shape index (κ3) is 3.73. The summed E-state index contributed by atoms with van der Waals surface area (Å²) in [6.07, 6.45) is 0. The van der Waals surface area contributed by atoms with E-state index in [2.05, 4.69) is 0 Å². The number of carbonyl (C=O) groups excluding carboxylic acids is 1. The summed E-state index contributed by atoms with van der Waals surface area (Å²) in [7, 11) is 1.95. The summed E-state index contributed by atoms with van der Waals surface area (Å²) in [5.41, 5.74) is 2.29. The quantitative estimate of drug-likeness (QED) is 0.395. The molecule has 2 aliphatic heterocycles. The molecule has 1 saturated heterocycles. The number of hydrogen-bond acceptors (Lipinski definition) is 5. The van der Waals surface area contributed by atoms with Crippen molar-refractivity contribution in [2.24, 2.45) is 4.99 Å². The average Bonchev–Trinajstić information content (AvgIpc) is 3.27. The lowest BCUT2D eigenvalue weighted by atomic mass is 10.2. The standard InChI is InChI=1S/C23H15ClFN3OS2/c1-27-18-4-2-3-5-19(18)30-22(27)20-21(29)28(17-12-8-15(25)9-13-17)23(31-20)26-16-10-6-14(24)7-11-16/h2-13H,1H3/b22-20-,26-23?. The smallest absolute Gasteiger partial charge is 0.274 e. The second kappa shape index (κ2) is 8.07. The summed E-state index contributed by atoms with van der Waals surface area (Å²) in [5.74, 6) is -0.550. The van der Waals surface area contributed by atoms with E-state index in [0.717, 1.165) is 15.6 Å². The van der Waals surface area contributed by atoms with Crippen molar-refractivity contribution in [3.8, 4) is 0 Å². The van der Waals surface area contributed by atoms with Gasteiger partial charge in [0.25, 0.3) is 5.91 Å². The highest BCUT2D eigenvalue weighted by Gasteiger charge is 2.40. The molecule has 0 spiro atoms. The number of hydrogen-bond donors (Lipinski definition) is 0. The second-order valence-electron chi connectivity index (χ2n) is 6.85. The van der Waals surface area contributed by atoms with E-state index in [9.17, 15) is 9.18 Å². The van der Waals surface area contributed by atoms with Crippen molar-refractivity contribution in [2.45, 2.75) is 4.90 Å². The number of nitrogens with zero attached hydrogens (tertiary/aromatic N) is 3. The predicted molar refractivity (Wildman–Crippen MR) is 128 cm³/mol. The highest BCUT2D eigenvalue weighted by molar-refractivity contribution is 8.20. The summed E-state index contributed by atoms with van der Waals surface area (Å²) in [6.45, 7) is 0. The van der Waals surface area contributed by atoms with Crippen LogP contribution in [0.2, 0.25) is 5.02 Å². The Hall–Kier alpha value is -2.74. The van der Waals surface area contributed by atoms with Crippen LogP contribution in [-0.2, 0) is 4.79 Å². The van der Waals surface area contributed by atoms with E-state index in [1.807, 2.05) is 36.2 Å². The van der Waals surface area contributed by atoms with E-state index in [0.29, 0.717) is 26.5 Å². The third-order valence-electron chi connectivity index (χ3n) is 4.85. The van der Waals surface area contributed by atoms with Crippen LogP contribution in [0.1, 0.15) is 0 Å². The van der Waals surface area contributed by atoms with Gasteiger partial charge in [-0.25, -0.2) is 9.38 Å². The van der Waals surface area contributed by atoms with E-state index < -0.39 is 0 Å². The Morgan fingerprint density at radius 1 is 0.935 bits per heavy atom. The van der Waals surface area contributed by atoms with Gasteiger partial charge in [0, 0.05) is 17.0 Å². The molecule has 2 heterocycles. The fraction of sp³-hybridized carbons (Fsp3) is 0.0435. The van der Waals surface area contributed by atoms with Crippen molar-refractivity contribution in [1.82, 2.24) is 0 Å². The van der Waals surface area contributed by atoms with Gasteiger partial charge in [0.15, 0.2) is 5.17 Å². The van der Waals surface area contributed by atoms with Crippen LogP contribution in [0.5, 0.6) is 0 Å². The Morgan fingerprint density at radius 3 is 2.35 bits per heavy atom. The number of amides is 1. The zero-order chi connectivity index (χ0) is 21.5. The SMILES string of the molecule is CN1/C(=C2/SC(=Nc3ccc(Cl)cc3)N(c3ccc(F)cc3)C2=O)Sc2ccccc21. The van der Waals surface area contributed by atoms with Gasteiger partial charge in [0.1, 0.15) is 10.7 Å². The van der Waals surface area contributed by atoms with Crippen LogP contribution < -0.4 is 9.80 Å². The first-order chi connectivity index (χ1) is 15.0. The second-order valence-corrected chi connectivity index (χ2v) is 9.30. The molecule has 1 fully saturated rings. The molecule has 0 saturated carbocycles. The van der Waals surface area contributed by atoms with Crippen molar-refractivity contribution in [1.29, 1.82) is 0 Å². The normalized spacial score (nSPS) is 19.5. The van der Waals surface area contributed by atoms with Crippen LogP contribution in [0.25, 0.3) is 0 Å². The Bertz CT molecular complexity index is 1240. The predicted octanol–water partition coefficient (Wildman–Crippen LogP) is 6.66. The topological polar surface area (TPSA) is 35.9 Å². The van der Waals surface area contributed by atoms with Gasteiger partial charge in [-0.3, -0.25) is 9.69 Å². The molecule has 0 aromatic heterocycles. The number of carbonyl (C=O) groups is 1. The Morgan fingerprint density at radius 2 is 1.65 bits per heavy atom. The number of thioether (sulfide) groups is 2. The van der Waals surface area contributed by atoms with Crippen molar-refractivity contribution in [3.05, 3.63) is 93.6 Å². The molecule has 5 rings (SSSR count). The molecule has 0 bridgehead atoms. The number of aliphatic imine (C=N–C) groups is 1. The molecular weight excluding hydrogens is 453 g/mol.